The molecule has 2 aromatic rings. The SMILES string of the molecule is CCOC(=O)c1sc2nc[nH]c(=O)c2c1CN(C)C.Cl. The summed E-state index contributed by atoms with van der Waals surface area (Å²) >= 11 is 1.20. The number of rotatable bonds is 4. The molecule has 0 aliphatic heterocycles. The van der Waals surface area contributed by atoms with Gasteiger partial charge in [0.1, 0.15) is 9.71 Å². The number of fused-ring (bicyclic) bond motifs is 1. The number of hydrogen-bond donors (Lipinski definition) is 1. The van der Waals surface area contributed by atoms with Gasteiger partial charge in [0.05, 0.1) is 18.3 Å². The summed E-state index contributed by atoms with van der Waals surface area (Å²) in [7, 11) is 3.76. The molecule has 0 unspecified atom stereocenters. The van der Waals surface area contributed by atoms with Gasteiger partial charge in [0.2, 0.25) is 0 Å². The maximum Gasteiger partial charge on any atom is 0.348 e. The number of nitrogens with one attached hydrogen (secondary N) is 1. The van der Waals surface area contributed by atoms with Crippen molar-refractivity contribution in [1.82, 2.24) is 14.9 Å². The van der Waals surface area contributed by atoms with E-state index in [-0.39, 0.29) is 18.0 Å². The highest BCUT2D eigenvalue weighted by molar-refractivity contribution is 7.20. The fourth-order valence-electron chi connectivity index (χ4n) is 1.83. The van der Waals surface area contributed by atoms with Crippen molar-refractivity contribution in [2.24, 2.45) is 0 Å². The van der Waals surface area contributed by atoms with Crippen LogP contribution >= 0.6 is 23.7 Å². The molecule has 6 nitrogen and oxygen atoms in total. The molecule has 0 radical (unpaired) electrons. The Bertz CT molecular complexity index is 666. The van der Waals surface area contributed by atoms with Crippen molar-refractivity contribution in [2.75, 3.05) is 20.7 Å². The van der Waals surface area contributed by atoms with E-state index in [0.29, 0.717) is 33.8 Å². The zero-order chi connectivity index (χ0) is 14.0. The average Bonchev–Trinajstić information content (AvgIpc) is 2.69. The van der Waals surface area contributed by atoms with Gasteiger partial charge in [0.15, 0.2) is 0 Å². The molecule has 2 rings (SSSR count). The first-order chi connectivity index (χ1) is 9.04. The van der Waals surface area contributed by atoms with Crippen molar-refractivity contribution < 1.29 is 9.53 Å². The third kappa shape index (κ3) is 3.17. The summed E-state index contributed by atoms with van der Waals surface area (Å²) in [6.45, 7) is 2.54. The molecule has 0 atom stereocenters. The number of halogens is 1. The molecule has 0 aromatic carbocycles. The van der Waals surface area contributed by atoms with Crippen LogP contribution in [0.25, 0.3) is 10.2 Å². The van der Waals surface area contributed by atoms with Gasteiger partial charge in [-0.1, -0.05) is 0 Å². The average molecular weight is 318 g/mol. The van der Waals surface area contributed by atoms with Crippen LogP contribution < -0.4 is 5.56 Å². The van der Waals surface area contributed by atoms with Crippen LogP contribution in [0.3, 0.4) is 0 Å². The molecular formula is C12H16ClN3O3S. The third-order valence-electron chi connectivity index (χ3n) is 2.53. The van der Waals surface area contributed by atoms with Gasteiger partial charge in [0.25, 0.3) is 5.56 Å². The molecule has 2 heterocycles. The minimum atomic E-state index is -0.401. The van der Waals surface area contributed by atoms with E-state index in [4.69, 9.17) is 4.74 Å². The summed E-state index contributed by atoms with van der Waals surface area (Å²) < 4.78 is 5.03. The summed E-state index contributed by atoms with van der Waals surface area (Å²) in [6.07, 6.45) is 1.34. The van der Waals surface area contributed by atoms with Gasteiger partial charge in [-0.15, -0.1) is 23.7 Å². The van der Waals surface area contributed by atoms with Crippen LogP contribution in [0.2, 0.25) is 0 Å². The molecule has 8 heteroatoms. The normalized spacial score (nSPS) is 10.6. The van der Waals surface area contributed by atoms with E-state index in [1.807, 2.05) is 19.0 Å². The summed E-state index contributed by atoms with van der Waals surface area (Å²) in [6, 6.07) is 0. The Kier molecular flexibility index (Phi) is 5.67. The number of carbonyl (C=O) groups excluding carboxylic acids is 1. The van der Waals surface area contributed by atoms with E-state index < -0.39 is 5.97 Å². The summed E-state index contributed by atoms with van der Waals surface area (Å²) in [5, 5.41) is 0.476. The Morgan fingerprint density at radius 3 is 2.80 bits per heavy atom. The van der Waals surface area contributed by atoms with Gasteiger partial charge in [-0.25, -0.2) is 9.78 Å². The Labute approximate surface area is 126 Å². The number of carbonyl (C=O) groups is 1. The first-order valence-corrected chi connectivity index (χ1v) is 6.67. The van der Waals surface area contributed by atoms with Gasteiger partial charge in [-0.3, -0.25) is 4.79 Å². The maximum atomic E-state index is 12.0. The lowest BCUT2D eigenvalue weighted by atomic mass is 10.2. The molecule has 110 valence electrons. The van der Waals surface area contributed by atoms with E-state index in [9.17, 15) is 9.59 Å². The van der Waals surface area contributed by atoms with Crippen molar-refractivity contribution in [3.05, 3.63) is 27.1 Å². The quantitative estimate of drug-likeness (QED) is 0.868. The molecule has 0 aliphatic rings. The molecule has 0 aliphatic carbocycles. The number of aromatic amines is 1. The number of hydrogen-bond acceptors (Lipinski definition) is 6. The second-order valence-electron chi connectivity index (χ2n) is 4.28. The summed E-state index contributed by atoms with van der Waals surface area (Å²) in [5.41, 5.74) is 0.450. The standard InChI is InChI=1S/C12H15N3O3S.ClH/c1-4-18-12(17)9-7(5-15(2)3)8-10(16)13-6-14-11(8)19-9;/h6H,4-5H2,1-3H3,(H,13,14,16);1H. The lowest BCUT2D eigenvalue weighted by molar-refractivity contribution is 0.0530. The first kappa shape index (κ1) is 16.6. The predicted octanol–water partition coefficient (Wildman–Crippen LogP) is 1.64. The zero-order valence-electron chi connectivity index (χ0n) is 11.4. The number of nitrogens with zero attached hydrogens (tertiary/aromatic N) is 2. The highest BCUT2D eigenvalue weighted by Gasteiger charge is 2.22. The molecule has 0 saturated carbocycles. The number of aromatic nitrogens is 2. The van der Waals surface area contributed by atoms with Crippen molar-refractivity contribution in [1.29, 1.82) is 0 Å². The van der Waals surface area contributed by atoms with E-state index in [1.54, 1.807) is 6.92 Å². The van der Waals surface area contributed by atoms with Crippen LogP contribution in [-0.4, -0.2) is 41.5 Å². The topological polar surface area (TPSA) is 75.3 Å². The number of thiophene rings is 1. The number of H-pyrrole nitrogens is 1. The molecule has 0 bridgehead atoms. The molecule has 0 amide bonds. The molecule has 0 saturated heterocycles. The highest BCUT2D eigenvalue weighted by Crippen LogP contribution is 2.28. The van der Waals surface area contributed by atoms with Crippen molar-refractivity contribution in [2.45, 2.75) is 13.5 Å². The van der Waals surface area contributed by atoms with Gasteiger partial charge < -0.3 is 14.6 Å². The van der Waals surface area contributed by atoms with E-state index >= 15 is 0 Å². The second-order valence-corrected chi connectivity index (χ2v) is 5.28. The fourth-order valence-corrected chi connectivity index (χ4v) is 2.88. The monoisotopic (exact) mass is 317 g/mol. The van der Waals surface area contributed by atoms with E-state index in [1.165, 1.54) is 17.7 Å². The minimum Gasteiger partial charge on any atom is -0.462 e. The second kappa shape index (κ2) is 6.83. The van der Waals surface area contributed by atoms with Crippen molar-refractivity contribution >= 4 is 39.9 Å². The van der Waals surface area contributed by atoms with Crippen molar-refractivity contribution in [3.63, 3.8) is 0 Å². The Morgan fingerprint density at radius 2 is 2.20 bits per heavy atom. The molecule has 2 aromatic heterocycles. The lowest BCUT2D eigenvalue weighted by Crippen LogP contribution is -2.16. The lowest BCUT2D eigenvalue weighted by Gasteiger charge is -2.10. The van der Waals surface area contributed by atoms with E-state index in [2.05, 4.69) is 9.97 Å². The Balaban J connectivity index is 0.00000200. The van der Waals surface area contributed by atoms with Gasteiger partial charge in [-0.05, 0) is 21.0 Å². The fraction of sp³-hybridized carbons (Fsp3) is 0.417. The Hall–Kier alpha value is -1.44. The van der Waals surface area contributed by atoms with E-state index in [0.717, 1.165) is 0 Å². The number of esters is 1. The first-order valence-electron chi connectivity index (χ1n) is 5.85. The largest absolute Gasteiger partial charge is 0.462 e. The molecule has 1 N–H and O–H groups in total. The van der Waals surface area contributed by atoms with Crippen LogP contribution in [0.1, 0.15) is 22.2 Å². The van der Waals surface area contributed by atoms with Crippen LogP contribution in [0.4, 0.5) is 0 Å². The molecule has 0 fully saturated rings. The minimum absolute atomic E-state index is 0. The maximum absolute atomic E-state index is 12.0. The molecule has 20 heavy (non-hydrogen) atoms. The zero-order valence-corrected chi connectivity index (χ0v) is 13.1. The Morgan fingerprint density at radius 1 is 1.50 bits per heavy atom. The van der Waals surface area contributed by atoms with Gasteiger partial charge in [-0.2, -0.15) is 0 Å². The van der Waals surface area contributed by atoms with Crippen LogP contribution in [-0.2, 0) is 11.3 Å². The third-order valence-corrected chi connectivity index (χ3v) is 3.65. The van der Waals surface area contributed by atoms with Crippen LogP contribution in [0.5, 0.6) is 0 Å². The number of ether oxygens (including phenoxy) is 1. The molecular weight excluding hydrogens is 302 g/mol. The van der Waals surface area contributed by atoms with Crippen LogP contribution in [0, 0.1) is 0 Å². The highest BCUT2D eigenvalue weighted by atomic mass is 35.5. The van der Waals surface area contributed by atoms with Crippen LogP contribution in [0.15, 0.2) is 11.1 Å². The smallest absolute Gasteiger partial charge is 0.348 e. The summed E-state index contributed by atoms with van der Waals surface area (Å²) in [5.74, 6) is -0.401. The van der Waals surface area contributed by atoms with Gasteiger partial charge in [0, 0.05) is 12.1 Å². The predicted molar refractivity (Wildman–Crippen MR) is 80.8 cm³/mol. The molecule has 0 spiro atoms. The van der Waals surface area contributed by atoms with Gasteiger partial charge >= 0.3 is 5.97 Å². The summed E-state index contributed by atoms with van der Waals surface area (Å²) in [4.78, 5) is 33.4. The van der Waals surface area contributed by atoms with Crippen molar-refractivity contribution in [3.8, 4) is 0 Å².